The van der Waals surface area contributed by atoms with Crippen molar-refractivity contribution in [1.29, 1.82) is 0 Å². The van der Waals surface area contributed by atoms with Crippen molar-refractivity contribution in [3.63, 3.8) is 0 Å². The van der Waals surface area contributed by atoms with Gasteiger partial charge in [0, 0.05) is 12.5 Å². The Labute approximate surface area is 90.1 Å². The van der Waals surface area contributed by atoms with Crippen molar-refractivity contribution in [3.8, 4) is 0 Å². The van der Waals surface area contributed by atoms with Crippen molar-refractivity contribution in [2.24, 2.45) is 0 Å². The van der Waals surface area contributed by atoms with E-state index in [1.165, 1.54) is 0 Å². The monoisotopic (exact) mass is 207 g/mol. The molecule has 0 saturated heterocycles. The molecule has 4 heteroatoms. The van der Waals surface area contributed by atoms with Gasteiger partial charge in [0.2, 0.25) is 5.91 Å². The molecule has 0 aromatic carbocycles. The molecular weight excluding hydrogens is 190 g/mol. The first-order chi connectivity index (χ1) is 7.11. The number of carbonyl (C=O) groups is 1. The van der Waals surface area contributed by atoms with Gasteiger partial charge in [0.25, 0.3) is 0 Å². The van der Waals surface area contributed by atoms with E-state index in [9.17, 15) is 4.79 Å². The third-order valence-corrected chi connectivity index (χ3v) is 1.80. The summed E-state index contributed by atoms with van der Waals surface area (Å²) in [6, 6.07) is 4.05. The summed E-state index contributed by atoms with van der Waals surface area (Å²) in [6.45, 7) is 5.92. The molecule has 1 amide bonds. The predicted octanol–water partition coefficient (Wildman–Crippen LogP) is 2.25. The molecule has 0 aliphatic carbocycles. The first-order valence-corrected chi connectivity index (χ1v) is 5.14. The van der Waals surface area contributed by atoms with Crippen LogP contribution in [0.1, 0.15) is 27.2 Å². The number of nitrogens with one attached hydrogen (secondary N) is 2. The Morgan fingerprint density at radius 2 is 2.20 bits per heavy atom. The fraction of sp³-hybridized carbons (Fsp3) is 0.455. The van der Waals surface area contributed by atoms with Crippen LogP contribution < -0.4 is 10.6 Å². The molecule has 15 heavy (non-hydrogen) atoms. The van der Waals surface area contributed by atoms with Gasteiger partial charge >= 0.3 is 0 Å². The quantitative estimate of drug-likeness (QED) is 0.796. The number of pyridine rings is 1. The molecule has 1 aromatic rings. The van der Waals surface area contributed by atoms with Crippen LogP contribution in [0.4, 0.5) is 11.5 Å². The van der Waals surface area contributed by atoms with E-state index in [0.29, 0.717) is 12.5 Å². The summed E-state index contributed by atoms with van der Waals surface area (Å²) < 4.78 is 0. The molecule has 2 N–H and O–H groups in total. The topological polar surface area (TPSA) is 54.0 Å². The van der Waals surface area contributed by atoms with E-state index in [0.717, 1.165) is 11.5 Å². The van der Waals surface area contributed by atoms with Crippen molar-refractivity contribution in [3.05, 3.63) is 18.3 Å². The van der Waals surface area contributed by atoms with Crippen LogP contribution in [0.15, 0.2) is 18.3 Å². The first-order valence-electron chi connectivity index (χ1n) is 5.14. The molecule has 0 unspecified atom stereocenters. The van der Waals surface area contributed by atoms with Crippen LogP contribution in [0.25, 0.3) is 0 Å². The Bertz CT molecular complexity index is 319. The molecule has 1 heterocycles. The highest BCUT2D eigenvalue weighted by atomic mass is 16.1. The molecule has 0 fully saturated rings. The van der Waals surface area contributed by atoms with Crippen molar-refractivity contribution in [2.75, 3.05) is 10.6 Å². The molecule has 0 bridgehead atoms. The van der Waals surface area contributed by atoms with Gasteiger partial charge in [-0.1, -0.05) is 6.92 Å². The van der Waals surface area contributed by atoms with Crippen molar-refractivity contribution >= 4 is 17.4 Å². The van der Waals surface area contributed by atoms with Gasteiger partial charge in [-0.3, -0.25) is 4.79 Å². The Balaban J connectivity index is 2.60. The smallest absolute Gasteiger partial charge is 0.224 e. The lowest BCUT2D eigenvalue weighted by molar-refractivity contribution is -0.115. The number of carbonyl (C=O) groups excluding carboxylic acids is 1. The average Bonchev–Trinajstić information content (AvgIpc) is 2.20. The highest BCUT2D eigenvalue weighted by Crippen LogP contribution is 2.10. The molecule has 1 rings (SSSR count). The lowest BCUT2D eigenvalue weighted by atomic mass is 10.3. The summed E-state index contributed by atoms with van der Waals surface area (Å²) in [5.41, 5.74) is 0.733. The minimum Gasteiger partial charge on any atom is -0.368 e. The summed E-state index contributed by atoms with van der Waals surface area (Å²) in [6.07, 6.45) is 2.13. The summed E-state index contributed by atoms with van der Waals surface area (Å²) in [7, 11) is 0. The average molecular weight is 207 g/mol. The van der Waals surface area contributed by atoms with E-state index in [2.05, 4.69) is 29.5 Å². The second-order valence-electron chi connectivity index (χ2n) is 3.63. The lowest BCUT2D eigenvalue weighted by Gasteiger charge is -2.09. The minimum absolute atomic E-state index is 0.00127. The first kappa shape index (κ1) is 11.5. The van der Waals surface area contributed by atoms with E-state index >= 15 is 0 Å². The Hall–Kier alpha value is -1.58. The zero-order valence-corrected chi connectivity index (χ0v) is 9.37. The maximum absolute atomic E-state index is 11.1. The number of hydrogen-bond donors (Lipinski definition) is 2. The van der Waals surface area contributed by atoms with Gasteiger partial charge in [0.05, 0.1) is 11.9 Å². The molecule has 0 aliphatic heterocycles. The van der Waals surface area contributed by atoms with Gasteiger partial charge in [-0.25, -0.2) is 4.98 Å². The van der Waals surface area contributed by atoms with E-state index < -0.39 is 0 Å². The molecular formula is C11H17N3O. The number of aromatic nitrogens is 1. The highest BCUT2D eigenvalue weighted by Gasteiger charge is 2.00. The van der Waals surface area contributed by atoms with Crippen LogP contribution in [0.5, 0.6) is 0 Å². The predicted molar refractivity (Wildman–Crippen MR) is 61.9 cm³/mol. The van der Waals surface area contributed by atoms with Crippen LogP contribution in [0.3, 0.4) is 0 Å². The second-order valence-corrected chi connectivity index (χ2v) is 3.63. The third-order valence-electron chi connectivity index (χ3n) is 1.80. The van der Waals surface area contributed by atoms with Crippen molar-refractivity contribution in [2.45, 2.75) is 33.2 Å². The van der Waals surface area contributed by atoms with Gasteiger partial charge in [0.1, 0.15) is 5.82 Å². The standard InChI is InChI=1S/C11H17N3O/c1-4-11(15)14-9-5-6-10(12-7-9)13-8(2)3/h5-8H,4H2,1-3H3,(H,12,13)(H,14,15). The van der Waals surface area contributed by atoms with E-state index in [1.54, 1.807) is 6.20 Å². The fourth-order valence-electron chi connectivity index (χ4n) is 1.10. The van der Waals surface area contributed by atoms with Gasteiger partial charge in [-0.2, -0.15) is 0 Å². The molecule has 1 aromatic heterocycles. The maximum Gasteiger partial charge on any atom is 0.224 e. The zero-order valence-electron chi connectivity index (χ0n) is 9.37. The summed E-state index contributed by atoms with van der Waals surface area (Å²) in [5, 5.41) is 5.92. The number of anilines is 2. The van der Waals surface area contributed by atoms with Crippen LogP contribution >= 0.6 is 0 Å². The van der Waals surface area contributed by atoms with Gasteiger partial charge in [0.15, 0.2) is 0 Å². The maximum atomic E-state index is 11.1. The van der Waals surface area contributed by atoms with Crippen LogP contribution in [-0.4, -0.2) is 16.9 Å². The number of rotatable bonds is 4. The van der Waals surface area contributed by atoms with E-state index in [4.69, 9.17) is 0 Å². The number of nitrogens with zero attached hydrogens (tertiary/aromatic N) is 1. The van der Waals surface area contributed by atoms with Crippen LogP contribution in [-0.2, 0) is 4.79 Å². The van der Waals surface area contributed by atoms with Crippen LogP contribution in [0, 0.1) is 0 Å². The van der Waals surface area contributed by atoms with Crippen LogP contribution in [0.2, 0.25) is 0 Å². The lowest BCUT2D eigenvalue weighted by Crippen LogP contribution is -2.12. The minimum atomic E-state index is 0.00127. The SMILES string of the molecule is CCC(=O)Nc1ccc(NC(C)C)nc1. The Kier molecular flexibility index (Phi) is 4.09. The second kappa shape index (κ2) is 5.34. The molecule has 0 spiro atoms. The zero-order chi connectivity index (χ0) is 11.3. The molecule has 82 valence electrons. The number of hydrogen-bond acceptors (Lipinski definition) is 3. The molecule has 0 radical (unpaired) electrons. The number of amides is 1. The van der Waals surface area contributed by atoms with E-state index in [-0.39, 0.29) is 5.91 Å². The molecule has 0 aliphatic rings. The fourth-order valence-corrected chi connectivity index (χ4v) is 1.10. The molecule has 0 saturated carbocycles. The Morgan fingerprint density at radius 3 is 2.67 bits per heavy atom. The normalized spacial score (nSPS) is 10.1. The van der Waals surface area contributed by atoms with Gasteiger partial charge in [-0.05, 0) is 26.0 Å². The van der Waals surface area contributed by atoms with Gasteiger partial charge < -0.3 is 10.6 Å². The van der Waals surface area contributed by atoms with E-state index in [1.807, 2.05) is 19.1 Å². The molecule has 4 nitrogen and oxygen atoms in total. The van der Waals surface area contributed by atoms with Crippen molar-refractivity contribution in [1.82, 2.24) is 4.98 Å². The molecule has 0 atom stereocenters. The van der Waals surface area contributed by atoms with Crippen molar-refractivity contribution < 1.29 is 4.79 Å². The highest BCUT2D eigenvalue weighted by molar-refractivity contribution is 5.90. The summed E-state index contributed by atoms with van der Waals surface area (Å²) in [5.74, 6) is 0.820. The summed E-state index contributed by atoms with van der Waals surface area (Å²) >= 11 is 0. The summed E-state index contributed by atoms with van der Waals surface area (Å²) in [4.78, 5) is 15.3. The van der Waals surface area contributed by atoms with Gasteiger partial charge in [-0.15, -0.1) is 0 Å². The Morgan fingerprint density at radius 1 is 1.47 bits per heavy atom. The largest absolute Gasteiger partial charge is 0.368 e. The third kappa shape index (κ3) is 3.97.